The summed E-state index contributed by atoms with van der Waals surface area (Å²) in [5, 5.41) is 0.677. The molecule has 1 amide bonds. The number of anilines is 1. The van der Waals surface area contributed by atoms with Crippen molar-refractivity contribution in [2.24, 2.45) is 0 Å². The van der Waals surface area contributed by atoms with E-state index in [0.29, 0.717) is 23.0 Å². The second-order valence-electron chi connectivity index (χ2n) is 6.68. The summed E-state index contributed by atoms with van der Waals surface area (Å²) in [7, 11) is 0. The van der Waals surface area contributed by atoms with Crippen molar-refractivity contribution < 1.29 is 9.21 Å². The molecular weight excluding hydrogens is 360 g/mol. The highest BCUT2D eigenvalue weighted by Gasteiger charge is 2.28. The quantitative estimate of drug-likeness (QED) is 0.457. The lowest BCUT2D eigenvalue weighted by Crippen LogP contribution is -2.22. The molecule has 0 atom stereocenters. The largest absolute Gasteiger partial charge is 0.436 e. The Hall–Kier alpha value is -3.11. The number of nitrogens with zero attached hydrogens (tertiary/aromatic N) is 2. The van der Waals surface area contributed by atoms with Crippen LogP contribution >= 0.6 is 11.6 Å². The second-order valence-corrected chi connectivity index (χ2v) is 7.09. The van der Waals surface area contributed by atoms with Gasteiger partial charge in [0.1, 0.15) is 5.52 Å². The molecule has 2 heterocycles. The Bertz CT molecular complexity index is 1210. The van der Waals surface area contributed by atoms with Crippen LogP contribution in [0.3, 0.4) is 0 Å². The molecule has 1 aliphatic rings. The summed E-state index contributed by atoms with van der Waals surface area (Å²) in [6, 6.07) is 19.1. The van der Waals surface area contributed by atoms with Crippen LogP contribution in [0.2, 0.25) is 5.02 Å². The van der Waals surface area contributed by atoms with Crippen molar-refractivity contribution in [1.29, 1.82) is 0 Å². The number of amides is 1. The number of carbonyl (C=O) groups excluding carboxylic acids is 1. The fourth-order valence-electron chi connectivity index (χ4n) is 3.39. The molecule has 0 spiro atoms. The molecule has 5 rings (SSSR count). The van der Waals surface area contributed by atoms with Gasteiger partial charge in [-0.3, -0.25) is 4.79 Å². The zero-order chi connectivity index (χ0) is 18.5. The van der Waals surface area contributed by atoms with Crippen molar-refractivity contribution in [3.63, 3.8) is 0 Å². The number of rotatable bonds is 2. The van der Waals surface area contributed by atoms with Crippen LogP contribution in [0.1, 0.15) is 21.5 Å². The van der Waals surface area contributed by atoms with Gasteiger partial charge in [-0.15, -0.1) is 0 Å². The van der Waals surface area contributed by atoms with Crippen LogP contribution in [0.4, 0.5) is 5.69 Å². The Morgan fingerprint density at radius 3 is 2.74 bits per heavy atom. The molecule has 27 heavy (non-hydrogen) atoms. The van der Waals surface area contributed by atoms with Gasteiger partial charge in [0.15, 0.2) is 5.58 Å². The van der Waals surface area contributed by atoms with Gasteiger partial charge in [-0.2, -0.15) is 0 Å². The van der Waals surface area contributed by atoms with E-state index in [1.54, 1.807) is 4.90 Å². The second kappa shape index (κ2) is 5.96. The molecule has 0 saturated heterocycles. The van der Waals surface area contributed by atoms with Gasteiger partial charge in [0.25, 0.3) is 5.91 Å². The average molecular weight is 375 g/mol. The molecule has 4 nitrogen and oxygen atoms in total. The Kier molecular flexibility index (Phi) is 3.55. The zero-order valence-electron chi connectivity index (χ0n) is 14.6. The van der Waals surface area contributed by atoms with E-state index in [1.165, 1.54) is 0 Å². The molecule has 1 aromatic heterocycles. The minimum atomic E-state index is 0.00926. The molecule has 3 aromatic carbocycles. The van der Waals surface area contributed by atoms with E-state index in [-0.39, 0.29) is 5.91 Å². The van der Waals surface area contributed by atoms with Crippen LogP contribution in [0.5, 0.6) is 0 Å². The lowest BCUT2D eigenvalue weighted by Gasteiger charge is -2.15. The number of aryl methyl sites for hydroxylation is 1. The van der Waals surface area contributed by atoms with Crippen molar-refractivity contribution in [3.8, 4) is 11.5 Å². The maximum atomic E-state index is 12.7. The Morgan fingerprint density at radius 1 is 1.07 bits per heavy atom. The van der Waals surface area contributed by atoms with Crippen molar-refractivity contribution in [1.82, 2.24) is 4.98 Å². The molecule has 0 saturated carbocycles. The summed E-state index contributed by atoms with van der Waals surface area (Å²) in [5.41, 5.74) is 5.81. The van der Waals surface area contributed by atoms with E-state index in [9.17, 15) is 4.79 Å². The van der Waals surface area contributed by atoms with Gasteiger partial charge in [-0.1, -0.05) is 35.9 Å². The molecule has 0 N–H and O–H groups in total. The van der Waals surface area contributed by atoms with Crippen molar-refractivity contribution >= 4 is 34.3 Å². The molecular formula is C22H15ClN2O2. The topological polar surface area (TPSA) is 46.3 Å². The number of oxazole rings is 1. The highest BCUT2D eigenvalue weighted by molar-refractivity contribution is 6.31. The predicted octanol–water partition coefficient (Wildman–Crippen LogP) is 5.62. The third-order valence-electron chi connectivity index (χ3n) is 4.92. The van der Waals surface area contributed by atoms with Crippen LogP contribution in [-0.2, 0) is 6.54 Å². The van der Waals surface area contributed by atoms with Crippen LogP contribution in [-0.4, -0.2) is 10.9 Å². The lowest BCUT2D eigenvalue weighted by atomic mass is 10.1. The van der Waals surface area contributed by atoms with E-state index in [4.69, 9.17) is 16.0 Å². The third-order valence-corrected chi connectivity index (χ3v) is 5.33. The Labute approximate surface area is 161 Å². The first-order valence-corrected chi connectivity index (χ1v) is 9.05. The van der Waals surface area contributed by atoms with E-state index in [2.05, 4.69) is 4.98 Å². The molecule has 0 radical (unpaired) electrons. The van der Waals surface area contributed by atoms with Gasteiger partial charge < -0.3 is 9.32 Å². The Balaban J connectivity index is 1.53. The molecule has 0 aliphatic carbocycles. The minimum Gasteiger partial charge on any atom is -0.436 e. The SMILES string of the molecule is Cc1ccc(-c2nc3ccc(N4Cc5ccccc5C4=O)cc3o2)cc1Cl. The number of carbonyl (C=O) groups is 1. The van der Waals surface area contributed by atoms with E-state index in [1.807, 2.05) is 67.6 Å². The van der Waals surface area contributed by atoms with E-state index < -0.39 is 0 Å². The predicted molar refractivity (Wildman–Crippen MR) is 106 cm³/mol. The van der Waals surface area contributed by atoms with Crippen LogP contribution < -0.4 is 4.90 Å². The number of halogens is 1. The summed E-state index contributed by atoms with van der Waals surface area (Å²) in [6.07, 6.45) is 0. The molecule has 0 fully saturated rings. The van der Waals surface area contributed by atoms with E-state index in [0.717, 1.165) is 33.5 Å². The van der Waals surface area contributed by atoms with Gasteiger partial charge in [-0.05, 0) is 48.4 Å². The molecule has 0 bridgehead atoms. The van der Waals surface area contributed by atoms with Gasteiger partial charge in [0.2, 0.25) is 5.89 Å². The highest BCUT2D eigenvalue weighted by Crippen LogP contribution is 2.33. The van der Waals surface area contributed by atoms with Crippen LogP contribution in [0.15, 0.2) is 65.1 Å². The minimum absolute atomic E-state index is 0.00926. The fourth-order valence-corrected chi connectivity index (χ4v) is 3.57. The summed E-state index contributed by atoms with van der Waals surface area (Å²) < 4.78 is 5.95. The number of fused-ring (bicyclic) bond motifs is 2. The molecule has 0 unspecified atom stereocenters. The molecule has 4 aromatic rings. The molecule has 5 heteroatoms. The van der Waals surface area contributed by atoms with E-state index >= 15 is 0 Å². The Morgan fingerprint density at radius 2 is 1.93 bits per heavy atom. The lowest BCUT2D eigenvalue weighted by molar-refractivity contribution is 0.0996. The first-order chi connectivity index (χ1) is 13.1. The number of benzene rings is 3. The van der Waals surface area contributed by atoms with Crippen LogP contribution in [0.25, 0.3) is 22.6 Å². The standard InChI is InChI=1S/C22H15ClN2O2/c1-13-6-7-14(10-18(13)23)21-24-19-9-8-16(11-20(19)27-21)25-12-15-4-2-3-5-17(15)22(25)26/h2-11H,12H2,1H3. The maximum absolute atomic E-state index is 12.7. The molecule has 132 valence electrons. The van der Waals surface area contributed by atoms with Crippen LogP contribution in [0, 0.1) is 6.92 Å². The monoisotopic (exact) mass is 374 g/mol. The molecule has 1 aliphatic heterocycles. The fraction of sp³-hybridized carbons (Fsp3) is 0.0909. The van der Waals surface area contributed by atoms with Crippen molar-refractivity contribution in [2.45, 2.75) is 13.5 Å². The van der Waals surface area contributed by atoms with Gasteiger partial charge in [0.05, 0.1) is 6.54 Å². The summed E-state index contributed by atoms with van der Waals surface area (Å²) in [5.74, 6) is 0.523. The smallest absolute Gasteiger partial charge is 0.258 e. The van der Waals surface area contributed by atoms with Gasteiger partial charge >= 0.3 is 0 Å². The van der Waals surface area contributed by atoms with Gasteiger partial charge in [-0.25, -0.2) is 4.98 Å². The first-order valence-electron chi connectivity index (χ1n) is 8.67. The number of hydrogen-bond acceptors (Lipinski definition) is 3. The summed E-state index contributed by atoms with van der Waals surface area (Å²) >= 11 is 6.22. The van der Waals surface area contributed by atoms with Crippen molar-refractivity contribution in [2.75, 3.05) is 4.90 Å². The van der Waals surface area contributed by atoms with Crippen molar-refractivity contribution in [3.05, 3.63) is 82.4 Å². The highest BCUT2D eigenvalue weighted by atomic mass is 35.5. The maximum Gasteiger partial charge on any atom is 0.258 e. The normalized spacial score (nSPS) is 13.4. The van der Waals surface area contributed by atoms with Gasteiger partial charge in [0, 0.05) is 27.9 Å². The average Bonchev–Trinajstić information content (AvgIpc) is 3.25. The first kappa shape index (κ1) is 16.1. The summed E-state index contributed by atoms with van der Waals surface area (Å²) in [6.45, 7) is 2.52. The third kappa shape index (κ3) is 2.61. The zero-order valence-corrected chi connectivity index (χ0v) is 15.3. The summed E-state index contributed by atoms with van der Waals surface area (Å²) in [4.78, 5) is 19.0. The number of hydrogen-bond donors (Lipinski definition) is 0. The number of aromatic nitrogens is 1.